The molecule has 1 aliphatic heterocycles. The van der Waals surface area contributed by atoms with E-state index in [4.69, 9.17) is 9.15 Å². The van der Waals surface area contributed by atoms with Gasteiger partial charge in [-0.1, -0.05) is 12.1 Å². The molecule has 1 aromatic heterocycles. The van der Waals surface area contributed by atoms with Crippen molar-refractivity contribution >= 4 is 23.5 Å². The Labute approximate surface area is 148 Å². The Morgan fingerprint density at radius 3 is 2.81 bits per heavy atom. The number of anilines is 1. The molecule has 0 radical (unpaired) electrons. The van der Waals surface area contributed by atoms with E-state index in [1.165, 1.54) is 29.4 Å². The van der Waals surface area contributed by atoms with Crippen LogP contribution >= 0.6 is 0 Å². The van der Waals surface area contributed by atoms with Gasteiger partial charge in [0, 0.05) is 13.0 Å². The van der Waals surface area contributed by atoms with Gasteiger partial charge in [0.25, 0.3) is 5.91 Å². The quantitative estimate of drug-likeness (QED) is 0.796. The Morgan fingerprint density at radius 2 is 2.08 bits per heavy atom. The molecule has 2 aromatic rings. The van der Waals surface area contributed by atoms with E-state index < -0.39 is 30.2 Å². The molecule has 1 N–H and O–H groups in total. The van der Waals surface area contributed by atoms with E-state index in [2.05, 4.69) is 5.32 Å². The van der Waals surface area contributed by atoms with Crippen LogP contribution in [0.3, 0.4) is 0 Å². The van der Waals surface area contributed by atoms with Gasteiger partial charge in [-0.3, -0.25) is 14.4 Å². The fraction of sp³-hybridized carbons (Fsp3) is 0.278. The van der Waals surface area contributed by atoms with Crippen LogP contribution in [0.4, 0.5) is 10.1 Å². The molecule has 8 heteroatoms. The minimum Gasteiger partial charge on any atom is -0.467 e. The van der Waals surface area contributed by atoms with Crippen molar-refractivity contribution in [1.82, 2.24) is 4.90 Å². The summed E-state index contributed by atoms with van der Waals surface area (Å²) in [4.78, 5) is 37.4. The van der Waals surface area contributed by atoms with Gasteiger partial charge in [0.1, 0.15) is 11.6 Å². The van der Waals surface area contributed by atoms with Gasteiger partial charge < -0.3 is 19.4 Å². The summed E-state index contributed by atoms with van der Waals surface area (Å²) in [5.41, 5.74) is 0.00853. The molecule has 0 spiro atoms. The number of nitrogens with zero attached hydrogens (tertiary/aromatic N) is 1. The van der Waals surface area contributed by atoms with E-state index in [1.807, 2.05) is 0 Å². The van der Waals surface area contributed by atoms with Gasteiger partial charge >= 0.3 is 5.97 Å². The molecular formula is C18H17FN2O5. The molecule has 1 fully saturated rings. The third-order valence-corrected chi connectivity index (χ3v) is 3.97. The number of para-hydroxylation sites is 1. The topological polar surface area (TPSA) is 88.9 Å². The van der Waals surface area contributed by atoms with Crippen molar-refractivity contribution in [2.45, 2.75) is 13.0 Å². The molecule has 26 heavy (non-hydrogen) atoms. The van der Waals surface area contributed by atoms with Crippen molar-refractivity contribution in [3.63, 3.8) is 0 Å². The van der Waals surface area contributed by atoms with Crippen LogP contribution in [-0.4, -0.2) is 35.8 Å². The van der Waals surface area contributed by atoms with Crippen molar-refractivity contribution in [3.8, 4) is 0 Å². The predicted octanol–water partition coefficient (Wildman–Crippen LogP) is 1.95. The summed E-state index contributed by atoms with van der Waals surface area (Å²) in [6, 6.07) is 9.14. The van der Waals surface area contributed by atoms with Gasteiger partial charge in [0.05, 0.1) is 24.4 Å². The number of carbonyl (C=O) groups excluding carboxylic acids is 3. The monoisotopic (exact) mass is 360 g/mol. The zero-order chi connectivity index (χ0) is 18.5. The van der Waals surface area contributed by atoms with Gasteiger partial charge in [-0.25, -0.2) is 4.39 Å². The van der Waals surface area contributed by atoms with Crippen molar-refractivity contribution in [2.75, 3.05) is 18.5 Å². The SMILES string of the molecule is O=C(COC(=O)[C@@H]1CC(=O)N(Cc2ccco2)C1)Nc1ccccc1F. The fourth-order valence-electron chi connectivity index (χ4n) is 2.68. The lowest BCUT2D eigenvalue weighted by Gasteiger charge is -2.14. The highest BCUT2D eigenvalue weighted by atomic mass is 19.1. The highest BCUT2D eigenvalue weighted by Crippen LogP contribution is 2.21. The Kier molecular flexibility index (Phi) is 5.31. The molecule has 2 heterocycles. The summed E-state index contributed by atoms with van der Waals surface area (Å²) < 4.78 is 23.6. The number of hydrogen-bond donors (Lipinski definition) is 1. The molecule has 0 bridgehead atoms. The summed E-state index contributed by atoms with van der Waals surface area (Å²) in [6.07, 6.45) is 1.53. The summed E-state index contributed by atoms with van der Waals surface area (Å²) >= 11 is 0. The number of likely N-dealkylation sites (tertiary alicyclic amines) is 1. The number of halogens is 1. The minimum absolute atomic E-state index is 0.00853. The number of carbonyl (C=O) groups is 3. The van der Waals surface area contributed by atoms with Crippen molar-refractivity contribution in [3.05, 3.63) is 54.2 Å². The molecule has 136 valence electrons. The van der Waals surface area contributed by atoms with E-state index in [0.717, 1.165) is 0 Å². The third kappa shape index (κ3) is 4.27. The van der Waals surface area contributed by atoms with E-state index in [9.17, 15) is 18.8 Å². The Balaban J connectivity index is 1.47. The average Bonchev–Trinajstić information content (AvgIpc) is 3.25. The summed E-state index contributed by atoms with van der Waals surface area (Å²) in [5.74, 6) is -2.07. The van der Waals surface area contributed by atoms with Crippen LogP contribution in [0.5, 0.6) is 0 Å². The first-order valence-corrected chi connectivity index (χ1v) is 8.04. The number of amides is 2. The molecular weight excluding hydrogens is 343 g/mol. The lowest BCUT2D eigenvalue weighted by atomic mass is 10.1. The van der Waals surface area contributed by atoms with Crippen LogP contribution in [-0.2, 0) is 25.7 Å². The second kappa shape index (κ2) is 7.81. The highest BCUT2D eigenvalue weighted by molar-refractivity contribution is 5.93. The molecule has 0 unspecified atom stereocenters. The lowest BCUT2D eigenvalue weighted by Crippen LogP contribution is -2.28. The first-order valence-electron chi connectivity index (χ1n) is 8.04. The summed E-state index contributed by atoms with van der Waals surface area (Å²) in [5, 5.41) is 2.32. The number of esters is 1. The third-order valence-electron chi connectivity index (χ3n) is 3.97. The van der Waals surface area contributed by atoms with E-state index in [-0.39, 0.29) is 31.1 Å². The maximum absolute atomic E-state index is 13.5. The molecule has 1 atom stereocenters. The minimum atomic E-state index is -0.653. The Hall–Kier alpha value is -3.16. The van der Waals surface area contributed by atoms with Crippen LogP contribution in [0.1, 0.15) is 12.2 Å². The molecule has 3 rings (SSSR count). The van der Waals surface area contributed by atoms with Crippen LogP contribution < -0.4 is 5.32 Å². The van der Waals surface area contributed by atoms with Crippen LogP contribution in [0, 0.1) is 11.7 Å². The summed E-state index contributed by atoms with van der Waals surface area (Å²) in [7, 11) is 0. The molecule has 1 saturated heterocycles. The van der Waals surface area contributed by atoms with E-state index >= 15 is 0 Å². The number of nitrogens with one attached hydrogen (secondary N) is 1. The molecule has 1 aromatic carbocycles. The van der Waals surface area contributed by atoms with Crippen LogP contribution in [0.25, 0.3) is 0 Å². The maximum Gasteiger partial charge on any atom is 0.311 e. The first-order chi connectivity index (χ1) is 12.5. The number of benzene rings is 1. The lowest BCUT2D eigenvalue weighted by molar-refractivity contribution is -0.151. The van der Waals surface area contributed by atoms with Gasteiger partial charge in [0.2, 0.25) is 5.91 Å². The van der Waals surface area contributed by atoms with E-state index in [1.54, 1.807) is 18.2 Å². The largest absolute Gasteiger partial charge is 0.467 e. The Bertz CT molecular complexity index is 806. The van der Waals surface area contributed by atoms with Gasteiger partial charge in [-0.2, -0.15) is 0 Å². The summed E-state index contributed by atoms with van der Waals surface area (Å²) in [6.45, 7) is -0.0628. The van der Waals surface area contributed by atoms with Crippen molar-refractivity contribution in [2.24, 2.45) is 5.92 Å². The zero-order valence-electron chi connectivity index (χ0n) is 13.8. The molecule has 7 nitrogen and oxygen atoms in total. The van der Waals surface area contributed by atoms with Gasteiger partial charge in [-0.15, -0.1) is 0 Å². The second-order valence-electron chi connectivity index (χ2n) is 5.89. The number of furan rings is 1. The van der Waals surface area contributed by atoms with Crippen LogP contribution in [0.15, 0.2) is 47.1 Å². The predicted molar refractivity (Wildman–Crippen MR) is 88.2 cm³/mol. The van der Waals surface area contributed by atoms with E-state index in [0.29, 0.717) is 5.76 Å². The number of rotatable bonds is 6. The normalized spacial score (nSPS) is 16.6. The second-order valence-corrected chi connectivity index (χ2v) is 5.89. The number of ether oxygens (including phenoxy) is 1. The molecule has 1 aliphatic rings. The van der Waals surface area contributed by atoms with Crippen molar-refractivity contribution in [1.29, 1.82) is 0 Å². The van der Waals surface area contributed by atoms with Gasteiger partial charge in [0.15, 0.2) is 6.61 Å². The standard InChI is InChI=1S/C18H17FN2O5/c19-14-5-1-2-6-15(14)20-16(22)11-26-18(24)12-8-17(23)21(9-12)10-13-4-3-7-25-13/h1-7,12H,8-11H2,(H,20,22)/t12-/m1/s1. The highest BCUT2D eigenvalue weighted by Gasteiger charge is 2.35. The number of hydrogen-bond acceptors (Lipinski definition) is 5. The molecule has 0 aliphatic carbocycles. The zero-order valence-corrected chi connectivity index (χ0v) is 13.8. The molecule has 0 saturated carbocycles. The first kappa shape index (κ1) is 17.7. The van der Waals surface area contributed by atoms with Gasteiger partial charge in [-0.05, 0) is 24.3 Å². The Morgan fingerprint density at radius 1 is 1.27 bits per heavy atom. The smallest absolute Gasteiger partial charge is 0.311 e. The molecule has 2 amide bonds. The van der Waals surface area contributed by atoms with Crippen LogP contribution in [0.2, 0.25) is 0 Å². The average molecular weight is 360 g/mol. The van der Waals surface area contributed by atoms with Crippen molar-refractivity contribution < 1.29 is 27.9 Å². The maximum atomic E-state index is 13.5. The fourth-order valence-corrected chi connectivity index (χ4v) is 2.68.